The molecule has 1 heteroatoms. The van der Waals surface area contributed by atoms with Crippen molar-refractivity contribution >= 4 is 5.69 Å². The summed E-state index contributed by atoms with van der Waals surface area (Å²) in [7, 11) is 1.97. The second-order valence-electron chi connectivity index (χ2n) is 3.50. The first-order chi connectivity index (χ1) is 5.65. The predicted molar refractivity (Wildman–Crippen MR) is 54.8 cm³/mol. The quantitative estimate of drug-likeness (QED) is 0.706. The van der Waals surface area contributed by atoms with E-state index in [0.717, 1.165) is 0 Å². The van der Waals surface area contributed by atoms with E-state index in [1.54, 1.807) is 0 Å². The van der Waals surface area contributed by atoms with E-state index in [4.69, 9.17) is 0 Å². The maximum absolute atomic E-state index is 3.22. The lowest BCUT2D eigenvalue weighted by Crippen LogP contribution is -1.97. The van der Waals surface area contributed by atoms with Crippen molar-refractivity contribution in [3.63, 3.8) is 0 Å². The highest BCUT2D eigenvalue weighted by Crippen LogP contribution is 2.24. The van der Waals surface area contributed by atoms with Gasteiger partial charge in [0.15, 0.2) is 0 Å². The van der Waals surface area contributed by atoms with Gasteiger partial charge in [-0.3, -0.25) is 0 Å². The topological polar surface area (TPSA) is 12.0 Å². The number of aryl methyl sites for hydroxylation is 1. The summed E-state index contributed by atoms with van der Waals surface area (Å²) in [4.78, 5) is 0. The smallest absolute Gasteiger partial charge is 0.0375 e. The van der Waals surface area contributed by atoms with Crippen molar-refractivity contribution in [2.75, 3.05) is 12.4 Å². The largest absolute Gasteiger partial charge is 0.388 e. The lowest BCUT2D eigenvalue weighted by Gasteiger charge is -2.12. The van der Waals surface area contributed by atoms with E-state index >= 15 is 0 Å². The Kier molecular flexibility index (Phi) is 2.74. The molecule has 0 amide bonds. The molecule has 66 valence electrons. The Morgan fingerprint density at radius 3 is 2.42 bits per heavy atom. The van der Waals surface area contributed by atoms with E-state index in [-0.39, 0.29) is 0 Å². The molecule has 0 aliphatic rings. The van der Waals surface area contributed by atoms with E-state index in [1.807, 2.05) is 7.05 Å². The molecule has 0 saturated heterocycles. The van der Waals surface area contributed by atoms with Crippen LogP contribution in [-0.4, -0.2) is 7.05 Å². The minimum atomic E-state index is 0.591. The van der Waals surface area contributed by atoms with Crippen molar-refractivity contribution in [3.05, 3.63) is 29.3 Å². The van der Waals surface area contributed by atoms with E-state index in [0.29, 0.717) is 5.92 Å². The van der Waals surface area contributed by atoms with Crippen molar-refractivity contribution < 1.29 is 0 Å². The van der Waals surface area contributed by atoms with Gasteiger partial charge >= 0.3 is 0 Å². The van der Waals surface area contributed by atoms with Crippen LogP contribution >= 0.6 is 0 Å². The molecule has 0 saturated carbocycles. The minimum Gasteiger partial charge on any atom is -0.388 e. The van der Waals surface area contributed by atoms with Gasteiger partial charge in [0.05, 0.1) is 0 Å². The van der Waals surface area contributed by atoms with Gasteiger partial charge in [-0.05, 0) is 30.0 Å². The van der Waals surface area contributed by atoms with Gasteiger partial charge in [-0.1, -0.05) is 26.0 Å². The number of hydrogen-bond donors (Lipinski definition) is 1. The van der Waals surface area contributed by atoms with Crippen LogP contribution in [0.4, 0.5) is 5.69 Å². The monoisotopic (exact) mass is 163 g/mol. The van der Waals surface area contributed by atoms with Crippen LogP contribution in [-0.2, 0) is 0 Å². The molecule has 0 heterocycles. The van der Waals surface area contributed by atoms with Crippen LogP contribution < -0.4 is 5.32 Å². The molecule has 0 radical (unpaired) electrons. The van der Waals surface area contributed by atoms with E-state index < -0.39 is 0 Å². The van der Waals surface area contributed by atoms with Crippen molar-refractivity contribution in [2.24, 2.45) is 0 Å². The van der Waals surface area contributed by atoms with Crippen LogP contribution in [0.25, 0.3) is 0 Å². The molecule has 0 aromatic heterocycles. The highest BCUT2D eigenvalue weighted by molar-refractivity contribution is 5.53. The van der Waals surface area contributed by atoms with Gasteiger partial charge in [0.2, 0.25) is 0 Å². The Hall–Kier alpha value is -0.980. The SMILES string of the molecule is CNc1cc(C)ccc1C(C)C. The maximum Gasteiger partial charge on any atom is 0.0375 e. The molecule has 0 fully saturated rings. The maximum atomic E-state index is 3.22. The van der Waals surface area contributed by atoms with E-state index in [2.05, 4.69) is 44.3 Å². The fourth-order valence-corrected chi connectivity index (χ4v) is 1.39. The number of benzene rings is 1. The molecule has 1 aromatic rings. The normalized spacial score (nSPS) is 10.4. The molecule has 1 N–H and O–H groups in total. The molecule has 0 atom stereocenters. The van der Waals surface area contributed by atoms with Gasteiger partial charge in [0, 0.05) is 12.7 Å². The van der Waals surface area contributed by atoms with Crippen LogP contribution in [0.5, 0.6) is 0 Å². The summed E-state index contributed by atoms with van der Waals surface area (Å²) in [6.07, 6.45) is 0. The summed E-state index contributed by atoms with van der Waals surface area (Å²) in [5.74, 6) is 0.591. The van der Waals surface area contributed by atoms with Crippen LogP contribution in [0.2, 0.25) is 0 Å². The molecule has 0 aliphatic heterocycles. The summed E-state index contributed by atoms with van der Waals surface area (Å²) in [6.45, 7) is 6.54. The molecule has 0 bridgehead atoms. The highest BCUT2D eigenvalue weighted by Gasteiger charge is 2.04. The molecule has 1 rings (SSSR count). The van der Waals surface area contributed by atoms with Crippen molar-refractivity contribution in [1.29, 1.82) is 0 Å². The Labute approximate surface area is 74.8 Å². The summed E-state index contributed by atoms with van der Waals surface area (Å²) >= 11 is 0. The van der Waals surface area contributed by atoms with Crippen LogP contribution in [0, 0.1) is 6.92 Å². The second kappa shape index (κ2) is 3.61. The summed E-state index contributed by atoms with van der Waals surface area (Å²) in [5.41, 5.74) is 3.96. The van der Waals surface area contributed by atoms with Gasteiger partial charge in [0.25, 0.3) is 0 Å². The molecule has 12 heavy (non-hydrogen) atoms. The van der Waals surface area contributed by atoms with Crippen LogP contribution in [0.15, 0.2) is 18.2 Å². The molecular weight excluding hydrogens is 146 g/mol. The molecule has 0 aliphatic carbocycles. The van der Waals surface area contributed by atoms with Gasteiger partial charge < -0.3 is 5.32 Å². The Morgan fingerprint density at radius 1 is 1.25 bits per heavy atom. The molecule has 1 aromatic carbocycles. The number of hydrogen-bond acceptors (Lipinski definition) is 1. The summed E-state index contributed by atoms with van der Waals surface area (Å²) in [5, 5.41) is 3.22. The number of rotatable bonds is 2. The van der Waals surface area contributed by atoms with Gasteiger partial charge in [0.1, 0.15) is 0 Å². The minimum absolute atomic E-state index is 0.591. The molecular formula is C11H17N. The molecule has 0 unspecified atom stereocenters. The van der Waals surface area contributed by atoms with E-state index in [1.165, 1.54) is 16.8 Å². The average molecular weight is 163 g/mol. The number of anilines is 1. The lowest BCUT2D eigenvalue weighted by atomic mass is 9.99. The molecule has 1 nitrogen and oxygen atoms in total. The zero-order valence-corrected chi connectivity index (χ0v) is 8.31. The fourth-order valence-electron chi connectivity index (χ4n) is 1.39. The second-order valence-corrected chi connectivity index (χ2v) is 3.50. The lowest BCUT2D eigenvalue weighted by molar-refractivity contribution is 0.867. The Balaban J connectivity index is 3.11. The first-order valence-corrected chi connectivity index (χ1v) is 4.43. The van der Waals surface area contributed by atoms with Gasteiger partial charge in [-0.15, -0.1) is 0 Å². The third kappa shape index (κ3) is 1.79. The standard InChI is InChI=1S/C11H17N/c1-8(2)10-6-5-9(3)7-11(10)12-4/h5-8,12H,1-4H3. The average Bonchev–Trinajstić information content (AvgIpc) is 2.03. The zero-order valence-electron chi connectivity index (χ0n) is 8.31. The Bertz CT molecular complexity index is 264. The fraction of sp³-hybridized carbons (Fsp3) is 0.455. The predicted octanol–water partition coefficient (Wildman–Crippen LogP) is 3.16. The van der Waals surface area contributed by atoms with Gasteiger partial charge in [-0.2, -0.15) is 0 Å². The van der Waals surface area contributed by atoms with Crippen molar-refractivity contribution in [1.82, 2.24) is 0 Å². The Morgan fingerprint density at radius 2 is 1.92 bits per heavy atom. The first kappa shape index (κ1) is 9.11. The third-order valence-corrected chi connectivity index (χ3v) is 2.10. The van der Waals surface area contributed by atoms with Gasteiger partial charge in [-0.25, -0.2) is 0 Å². The molecule has 0 spiro atoms. The van der Waals surface area contributed by atoms with Crippen LogP contribution in [0.3, 0.4) is 0 Å². The third-order valence-electron chi connectivity index (χ3n) is 2.10. The summed E-state index contributed by atoms with van der Waals surface area (Å²) in [6, 6.07) is 6.55. The van der Waals surface area contributed by atoms with Crippen molar-refractivity contribution in [3.8, 4) is 0 Å². The van der Waals surface area contributed by atoms with Crippen LogP contribution in [0.1, 0.15) is 30.9 Å². The zero-order chi connectivity index (χ0) is 9.14. The van der Waals surface area contributed by atoms with Crippen molar-refractivity contribution in [2.45, 2.75) is 26.7 Å². The number of nitrogens with one attached hydrogen (secondary N) is 1. The van der Waals surface area contributed by atoms with E-state index in [9.17, 15) is 0 Å². The summed E-state index contributed by atoms with van der Waals surface area (Å²) < 4.78 is 0. The first-order valence-electron chi connectivity index (χ1n) is 4.43. The highest BCUT2D eigenvalue weighted by atomic mass is 14.8.